The van der Waals surface area contributed by atoms with Crippen molar-refractivity contribution in [3.8, 4) is 0 Å². The summed E-state index contributed by atoms with van der Waals surface area (Å²) >= 11 is 0. The Morgan fingerprint density at radius 2 is 0.722 bits per heavy atom. The van der Waals surface area contributed by atoms with Gasteiger partial charge in [0.25, 0.3) is 0 Å². The Morgan fingerprint density at radius 3 is 1.03 bits per heavy atom. The smallest absolute Gasteiger partial charge is 0.220 e. The highest BCUT2D eigenvalue weighted by molar-refractivity contribution is 5.83. The van der Waals surface area contributed by atoms with Crippen molar-refractivity contribution in [1.82, 2.24) is 10.6 Å². The maximum atomic E-state index is 11.8. The predicted octanol–water partition coefficient (Wildman–Crippen LogP) is -0.424. The standard InChI is InChI=1S/C24H50N4O8/c25-7-1-11-31-15-19-35-21-17-33-13-3-9-27-23(29)5-6-24(30)28-10-4-14-34-18-22-36-20-16-32-12-2-8-26/h1-22,25-26H2,(H,27,29)(H,28,30). The Hall–Kier alpha value is -1.38. The van der Waals surface area contributed by atoms with E-state index in [0.29, 0.717) is 118 Å². The number of carbonyl (C=O) groups excluding carboxylic acids is 2. The van der Waals surface area contributed by atoms with Crippen molar-refractivity contribution < 1.29 is 38.0 Å². The highest BCUT2D eigenvalue weighted by Crippen LogP contribution is 1.92. The van der Waals surface area contributed by atoms with Crippen LogP contribution in [0.1, 0.15) is 38.5 Å². The molecule has 0 aromatic carbocycles. The topological polar surface area (TPSA) is 166 Å². The zero-order valence-electron chi connectivity index (χ0n) is 22.0. The Balaban J connectivity index is 3.28. The molecule has 6 N–H and O–H groups in total. The molecule has 0 atom stereocenters. The van der Waals surface area contributed by atoms with Crippen molar-refractivity contribution >= 4 is 11.8 Å². The molecular formula is C24H50N4O8. The summed E-state index contributed by atoms with van der Waals surface area (Å²) in [5.41, 5.74) is 10.8. The summed E-state index contributed by atoms with van der Waals surface area (Å²) in [6, 6.07) is 0. The largest absolute Gasteiger partial charge is 0.379 e. The van der Waals surface area contributed by atoms with Gasteiger partial charge in [-0.1, -0.05) is 0 Å². The first kappa shape index (κ1) is 34.6. The second-order valence-corrected chi connectivity index (χ2v) is 7.87. The van der Waals surface area contributed by atoms with Crippen LogP contribution in [0.5, 0.6) is 0 Å². The lowest BCUT2D eigenvalue weighted by Gasteiger charge is -2.08. The first-order chi connectivity index (χ1) is 17.7. The summed E-state index contributed by atoms with van der Waals surface area (Å²) in [5, 5.41) is 5.58. The zero-order chi connectivity index (χ0) is 26.4. The molecule has 214 valence electrons. The molecule has 0 saturated heterocycles. The summed E-state index contributed by atoms with van der Waals surface area (Å²) in [5.74, 6) is -0.285. The fraction of sp³-hybridized carbons (Fsp3) is 0.917. The van der Waals surface area contributed by atoms with Gasteiger partial charge in [-0.2, -0.15) is 0 Å². The van der Waals surface area contributed by atoms with Crippen molar-refractivity contribution in [3.05, 3.63) is 0 Å². The molecule has 0 unspecified atom stereocenters. The maximum absolute atomic E-state index is 11.8. The van der Waals surface area contributed by atoms with Crippen LogP contribution < -0.4 is 22.1 Å². The van der Waals surface area contributed by atoms with E-state index in [4.69, 9.17) is 39.9 Å². The van der Waals surface area contributed by atoms with Gasteiger partial charge in [-0.05, 0) is 38.8 Å². The summed E-state index contributed by atoms with van der Waals surface area (Å²) < 4.78 is 32.3. The molecule has 12 heteroatoms. The van der Waals surface area contributed by atoms with Crippen molar-refractivity contribution in [3.63, 3.8) is 0 Å². The van der Waals surface area contributed by atoms with Crippen molar-refractivity contribution in [1.29, 1.82) is 0 Å². The van der Waals surface area contributed by atoms with E-state index in [1.54, 1.807) is 0 Å². The fourth-order valence-electron chi connectivity index (χ4n) is 2.66. The van der Waals surface area contributed by atoms with Gasteiger partial charge in [0.2, 0.25) is 11.8 Å². The van der Waals surface area contributed by atoms with E-state index in [2.05, 4.69) is 10.6 Å². The molecule has 0 aromatic rings. The maximum Gasteiger partial charge on any atom is 0.220 e. The van der Waals surface area contributed by atoms with E-state index in [1.807, 2.05) is 0 Å². The van der Waals surface area contributed by atoms with E-state index < -0.39 is 0 Å². The molecule has 2 amide bonds. The number of hydrogen-bond acceptors (Lipinski definition) is 10. The van der Waals surface area contributed by atoms with Crippen LogP contribution >= 0.6 is 0 Å². The molecule has 0 spiro atoms. The van der Waals surface area contributed by atoms with E-state index in [-0.39, 0.29) is 24.7 Å². The van der Waals surface area contributed by atoms with Crippen LogP contribution in [0.25, 0.3) is 0 Å². The van der Waals surface area contributed by atoms with Gasteiger partial charge in [0.15, 0.2) is 0 Å². The molecule has 0 fully saturated rings. The van der Waals surface area contributed by atoms with Crippen LogP contribution in [0.2, 0.25) is 0 Å². The first-order valence-corrected chi connectivity index (χ1v) is 13.1. The number of nitrogens with one attached hydrogen (secondary N) is 2. The molecule has 0 saturated carbocycles. The molecule has 0 rings (SSSR count). The van der Waals surface area contributed by atoms with Crippen LogP contribution in [0.3, 0.4) is 0 Å². The minimum absolute atomic E-state index is 0.142. The highest BCUT2D eigenvalue weighted by atomic mass is 16.5. The molecule has 0 aromatic heterocycles. The quantitative estimate of drug-likeness (QED) is 0.0948. The van der Waals surface area contributed by atoms with Gasteiger partial charge in [0, 0.05) is 52.4 Å². The molecule has 0 aliphatic heterocycles. The van der Waals surface area contributed by atoms with Crippen LogP contribution in [-0.4, -0.2) is 117 Å². The van der Waals surface area contributed by atoms with E-state index in [0.717, 1.165) is 12.8 Å². The Morgan fingerprint density at radius 1 is 0.444 bits per heavy atom. The summed E-state index contributed by atoms with van der Waals surface area (Å²) in [7, 11) is 0. The lowest BCUT2D eigenvalue weighted by atomic mass is 10.2. The average molecular weight is 523 g/mol. The fourth-order valence-corrected chi connectivity index (χ4v) is 2.66. The normalized spacial score (nSPS) is 11.1. The van der Waals surface area contributed by atoms with Crippen LogP contribution in [0.15, 0.2) is 0 Å². The number of carbonyl (C=O) groups is 2. The zero-order valence-corrected chi connectivity index (χ0v) is 22.0. The number of hydrogen-bond donors (Lipinski definition) is 4. The lowest BCUT2D eigenvalue weighted by Crippen LogP contribution is -2.29. The van der Waals surface area contributed by atoms with Gasteiger partial charge in [0.05, 0.1) is 52.9 Å². The minimum Gasteiger partial charge on any atom is -0.379 e. The summed E-state index contributed by atoms with van der Waals surface area (Å²) in [6.07, 6.45) is 3.44. The molecule has 0 aliphatic carbocycles. The number of ether oxygens (including phenoxy) is 6. The van der Waals surface area contributed by atoms with Gasteiger partial charge in [-0.3, -0.25) is 9.59 Å². The van der Waals surface area contributed by atoms with E-state index >= 15 is 0 Å². The van der Waals surface area contributed by atoms with Crippen molar-refractivity contribution in [2.75, 3.05) is 105 Å². The second-order valence-electron chi connectivity index (χ2n) is 7.87. The molecular weight excluding hydrogens is 472 g/mol. The molecule has 0 radical (unpaired) electrons. The Labute approximate surface area is 216 Å². The van der Waals surface area contributed by atoms with Gasteiger partial charge >= 0.3 is 0 Å². The SMILES string of the molecule is NCCCOCCOCCOCCCNC(=O)CCC(=O)NCCCOCCOCCOCCCN. The highest BCUT2D eigenvalue weighted by Gasteiger charge is 2.06. The van der Waals surface area contributed by atoms with Gasteiger partial charge in [0.1, 0.15) is 0 Å². The number of amides is 2. The third kappa shape index (κ3) is 28.9. The number of rotatable bonds is 29. The Kier molecular flexibility index (Phi) is 28.7. The summed E-state index contributed by atoms with van der Waals surface area (Å²) in [6.45, 7) is 8.89. The molecule has 0 bridgehead atoms. The van der Waals surface area contributed by atoms with Crippen molar-refractivity contribution in [2.45, 2.75) is 38.5 Å². The molecule has 36 heavy (non-hydrogen) atoms. The lowest BCUT2D eigenvalue weighted by molar-refractivity contribution is -0.126. The molecule has 0 aliphatic rings. The minimum atomic E-state index is -0.142. The molecule has 12 nitrogen and oxygen atoms in total. The van der Waals surface area contributed by atoms with Crippen LogP contribution in [-0.2, 0) is 38.0 Å². The van der Waals surface area contributed by atoms with Gasteiger partial charge in [-0.25, -0.2) is 0 Å². The predicted molar refractivity (Wildman–Crippen MR) is 137 cm³/mol. The second kappa shape index (κ2) is 29.8. The third-order valence-corrected chi connectivity index (χ3v) is 4.63. The van der Waals surface area contributed by atoms with E-state index in [9.17, 15) is 9.59 Å². The average Bonchev–Trinajstić information content (AvgIpc) is 2.88. The summed E-state index contributed by atoms with van der Waals surface area (Å²) in [4.78, 5) is 23.6. The Bertz CT molecular complexity index is 447. The van der Waals surface area contributed by atoms with Gasteiger partial charge < -0.3 is 50.5 Å². The van der Waals surface area contributed by atoms with Crippen molar-refractivity contribution in [2.24, 2.45) is 11.5 Å². The van der Waals surface area contributed by atoms with Crippen LogP contribution in [0, 0.1) is 0 Å². The monoisotopic (exact) mass is 522 g/mol. The first-order valence-electron chi connectivity index (χ1n) is 13.1. The van der Waals surface area contributed by atoms with Gasteiger partial charge in [-0.15, -0.1) is 0 Å². The number of nitrogens with two attached hydrogens (primary N) is 2. The van der Waals surface area contributed by atoms with E-state index in [1.165, 1.54) is 0 Å². The molecule has 0 heterocycles. The third-order valence-electron chi connectivity index (χ3n) is 4.63. The van der Waals surface area contributed by atoms with Crippen LogP contribution in [0.4, 0.5) is 0 Å².